The Morgan fingerprint density at radius 3 is 2.31 bits per heavy atom. The first-order valence-corrected chi connectivity index (χ1v) is 11.2. The predicted molar refractivity (Wildman–Crippen MR) is 133 cm³/mol. The molecule has 0 unspecified atom stereocenters. The lowest BCUT2D eigenvalue weighted by molar-refractivity contribution is -0.120. The monoisotopic (exact) mass is 493 g/mol. The van der Waals surface area contributed by atoms with Gasteiger partial charge in [0.2, 0.25) is 0 Å². The van der Waals surface area contributed by atoms with E-state index in [4.69, 9.17) is 21.1 Å². The van der Waals surface area contributed by atoms with Crippen LogP contribution in [0.15, 0.2) is 77.9 Å². The molecule has 0 heterocycles. The van der Waals surface area contributed by atoms with Crippen molar-refractivity contribution in [1.29, 1.82) is 0 Å². The second-order valence-corrected chi connectivity index (χ2v) is 7.69. The highest BCUT2D eigenvalue weighted by Crippen LogP contribution is 2.19. The van der Waals surface area contributed by atoms with E-state index < -0.39 is 11.9 Å². The molecular weight excluding hydrogens is 470 g/mol. The van der Waals surface area contributed by atoms with Gasteiger partial charge < -0.3 is 14.8 Å². The molecule has 0 bridgehead atoms. The molecule has 0 saturated carbocycles. The Labute approximate surface area is 207 Å². The molecule has 0 aliphatic carbocycles. The fourth-order valence-corrected chi connectivity index (χ4v) is 3.03. The molecule has 0 saturated heterocycles. The summed E-state index contributed by atoms with van der Waals surface area (Å²) in [7, 11) is 0. The third-order valence-electron chi connectivity index (χ3n) is 4.59. The number of benzene rings is 3. The lowest BCUT2D eigenvalue weighted by atomic mass is 10.2. The molecule has 0 aliphatic heterocycles. The van der Waals surface area contributed by atoms with Crippen LogP contribution in [0.4, 0.5) is 0 Å². The van der Waals surface area contributed by atoms with Crippen LogP contribution < -0.4 is 20.2 Å². The largest absolute Gasteiger partial charge is 0.494 e. The molecule has 3 aromatic rings. The molecule has 9 heteroatoms. The van der Waals surface area contributed by atoms with E-state index in [0.717, 1.165) is 6.42 Å². The van der Waals surface area contributed by atoms with Gasteiger partial charge in [0.05, 0.1) is 30.0 Å². The minimum atomic E-state index is -0.563. The number of halogens is 1. The van der Waals surface area contributed by atoms with Crippen molar-refractivity contribution in [3.63, 3.8) is 0 Å². The summed E-state index contributed by atoms with van der Waals surface area (Å²) in [4.78, 5) is 36.3. The number of carbonyl (C=O) groups excluding carboxylic acids is 3. The Hall–Kier alpha value is -4.17. The highest BCUT2D eigenvalue weighted by molar-refractivity contribution is 6.33. The van der Waals surface area contributed by atoms with Gasteiger partial charge in [0, 0.05) is 5.56 Å². The number of rotatable bonds is 10. The summed E-state index contributed by atoms with van der Waals surface area (Å²) >= 11 is 6.00. The topological polar surface area (TPSA) is 106 Å². The summed E-state index contributed by atoms with van der Waals surface area (Å²) in [5.74, 6) is -0.408. The fraction of sp³-hybridized carbons (Fsp3) is 0.154. The highest BCUT2D eigenvalue weighted by atomic mass is 35.5. The van der Waals surface area contributed by atoms with Crippen LogP contribution in [-0.4, -0.2) is 37.1 Å². The van der Waals surface area contributed by atoms with Crippen LogP contribution in [0.2, 0.25) is 5.02 Å². The van der Waals surface area contributed by atoms with Crippen molar-refractivity contribution in [3.8, 4) is 11.5 Å². The summed E-state index contributed by atoms with van der Waals surface area (Å²) < 4.78 is 10.8. The van der Waals surface area contributed by atoms with Gasteiger partial charge in [-0.1, -0.05) is 30.7 Å². The van der Waals surface area contributed by atoms with Crippen molar-refractivity contribution in [1.82, 2.24) is 10.7 Å². The number of carbonyl (C=O) groups is 3. The molecule has 8 nitrogen and oxygen atoms in total. The molecule has 35 heavy (non-hydrogen) atoms. The molecule has 3 aromatic carbocycles. The number of esters is 1. The molecule has 0 fully saturated rings. The summed E-state index contributed by atoms with van der Waals surface area (Å²) in [6.07, 6.45) is 2.32. The second kappa shape index (κ2) is 12.9. The molecule has 2 amide bonds. The number of hydrogen-bond acceptors (Lipinski definition) is 6. The highest BCUT2D eigenvalue weighted by Gasteiger charge is 2.12. The van der Waals surface area contributed by atoms with Crippen LogP contribution in [0, 0.1) is 0 Å². The fourth-order valence-electron chi connectivity index (χ4n) is 2.81. The van der Waals surface area contributed by atoms with Crippen molar-refractivity contribution in [2.75, 3.05) is 13.2 Å². The van der Waals surface area contributed by atoms with E-state index >= 15 is 0 Å². The molecule has 0 atom stereocenters. The standard InChI is InChI=1S/C26H24ClN3O5/c1-2-15-34-20-13-9-19(10-14-20)25(32)28-17-24(31)30-29-16-18-7-11-21(12-8-18)35-26(33)22-5-3-4-6-23(22)27/h3-14,16H,2,15,17H2,1H3,(H,28,32)(H,30,31)/b29-16+. The van der Waals surface area contributed by atoms with Gasteiger partial charge in [-0.05, 0) is 72.6 Å². The van der Waals surface area contributed by atoms with Crippen molar-refractivity contribution in [2.45, 2.75) is 13.3 Å². The van der Waals surface area contributed by atoms with Gasteiger partial charge in [0.15, 0.2) is 0 Å². The SMILES string of the molecule is CCCOc1ccc(C(=O)NCC(=O)N/N=C/c2ccc(OC(=O)c3ccccc3Cl)cc2)cc1. The molecule has 0 aromatic heterocycles. The van der Waals surface area contributed by atoms with Crippen LogP contribution in [0.25, 0.3) is 0 Å². The zero-order valence-corrected chi connectivity index (χ0v) is 19.7. The van der Waals surface area contributed by atoms with Crippen molar-refractivity contribution in [3.05, 3.63) is 94.5 Å². The zero-order valence-electron chi connectivity index (χ0n) is 19.0. The Morgan fingerprint density at radius 2 is 1.63 bits per heavy atom. The number of amides is 2. The van der Waals surface area contributed by atoms with Gasteiger partial charge in [-0.15, -0.1) is 0 Å². The third-order valence-corrected chi connectivity index (χ3v) is 4.92. The lowest BCUT2D eigenvalue weighted by Crippen LogP contribution is -2.34. The van der Waals surface area contributed by atoms with Crippen LogP contribution in [0.5, 0.6) is 11.5 Å². The number of hydrogen-bond donors (Lipinski definition) is 2. The Bertz CT molecular complexity index is 1190. The van der Waals surface area contributed by atoms with E-state index in [1.807, 2.05) is 6.92 Å². The molecule has 3 rings (SSSR count). The van der Waals surface area contributed by atoms with Gasteiger partial charge in [0.1, 0.15) is 11.5 Å². The smallest absolute Gasteiger partial charge is 0.345 e. The van der Waals surface area contributed by atoms with E-state index in [0.29, 0.717) is 34.3 Å². The van der Waals surface area contributed by atoms with Gasteiger partial charge in [-0.3, -0.25) is 9.59 Å². The molecule has 180 valence electrons. The van der Waals surface area contributed by atoms with E-state index in [1.54, 1.807) is 72.8 Å². The van der Waals surface area contributed by atoms with E-state index in [2.05, 4.69) is 15.8 Å². The maximum Gasteiger partial charge on any atom is 0.345 e. The van der Waals surface area contributed by atoms with Gasteiger partial charge in [-0.25, -0.2) is 10.2 Å². The molecular formula is C26H24ClN3O5. The second-order valence-electron chi connectivity index (χ2n) is 7.29. The van der Waals surface area contributed by atoms with Crippen LogP contribution in [-0.2, 0) is 4.79 Å². The molecule has 0 radical (unpaired) electrons. The van der Waals surface area contributed by atoms with E-state index in [9.17, 15) is 14.4 Å². The summed E-state index contributed by atoms with van der Waals surface area (Å²) in [6.45, 7) is 2.38. The first-order chi connectivity index (χ1) is 17.0. The van der Waals surface area contributed by atoms with Crippen LogP contribution >= 0.6 is 11.6 Å². The number of nitrogens with one attached hydrogen (secondary N) is 2. The van der Waals surface area contributed by atoms with Crippen LogP contribution in [0.1, 0.15) is 39.6 Å². The summed E-state index contributed by atoms with van der Waals surface area (Å²) in [5, 5.41) is 6.70. The third kappa shape index (κ3) is 7.97. The van der Waals surface area contributed by atoms with E-state index in [1.165, 1.54) is 6.21 Å². The number of ether oxygens (including phenoxy) is 2. The zero-order chi connectivity index (χ0) is 25.0. The molecule has 2 N–H and O–H groups in total. The normalized spacial score (nSPS) is 10.6. The lowest BCUT2D eigenvalue weighted by Gasteiger charge is -2.07. The predicted octanol–water partition coefficient (Wildman–Crippen LogP) is 4.23. The van der Waals surface area contributed by atoms with Crippen molar-refractivity contribution < 1.29 is 23.9 Å². The Balaban J connectivity index is 1.42. The quantitative estimate of drug-likeness (QED) is 0.190. The maximum absolute atomic E-state index is 12.2. The first-order valence-electron chi connectivity index (χ1n) is 10.9. The minimum Gasteiger partial charge on any atom is -0.494 e. The van der Waals surface area contributed by atoms with Crippen molar-refractivity contribution in [2.24, 2.45) is 5.10 Å². The number of hydrazone groups is 1. The first kappa shape index (κ1) is 25.5. The average Bonchev–Trinajstić information content (AvgIpc) is 2.87. The maximum atomic E-state index is 12.2. The molecule has 0 aliphatic rings. The average molecular weight is 494 g/mol. The van der Waals surface area contributed by atoms with Crippen LogP contribution in [0.3, 0.4) is 0 Å². The van der Waals surface area contributed by atoms with Gasteiger partial charge >= 0.3 is 5.97 Å². The molecule has 0 spiro atoms. The van der Waals surface area contributed by atoms with Gasteiger partial charge in [-0.2, -0.15) is 5.10 Å². The van der Waals surface area contributed by atoms with E-state index in [-0.39, 0.29) is 18.0 Å². The minimum absolute atomic E-state index is 0.235. The summed E-state index contributed by atoms with van der Waals surface area (Å²) in [5.41, 5.74) is 3.69. The Morgan fingerprint density at radius 1 is 0.943 bits per heavy atom. The van der Waals surface area contributed by atoms with Crippen molar-refractivity contribution >= 4 is 35.6 Å². The summed E-state index contributed by atoms with van der Waals surface area (Å²) in [6, 6.07) is 19.8. The van der Waals surface area contributed by atoms with Gasteiger partial charge in [0.25, 0.3) is 11.8 Å². The number of nitrogens with zero attached hydrogens (tertiary/aromatic N) is 1. The Kier molecular flexibility index (Phi) is 9.39.